The molecule has 5 nitrogen and oxygen atoms in total. The predicted octanol–water partition coefficient (Wildman–Crippen LogP) is 1.55. The first kappa shape index (κ1) is 13.7. The predicted molar refractivity (Wildman–Crippen MR) is 73.4 cm³/mol. The average Bonchev–Trinajstić information content (AvgIpc) is 2.48. The maximum absolute atomic E-state index is 12.0. The Kier molecular flexibility index (Phi) is 4.10. The number of nitrogens with one attached hydrogen (secondary N) is 1. The van der Waals surface area contributed by atoms with Gasteiger partial charge in [0.1, 0.15) is 7.05 Å². The van der Waals surface area contributed by atoms with Crippen molar-refractivity contribution in [3.8, 4) is 0 Å². The van der Waals surface area contributed by atoms with E-state index in [4.69, 9.17) is 0 Å². The van der Waals surface area contributed by atoms with Crippen LogP contribution in [0.4, 0.5) is 5.69 Å². The van der Waals surface area contributed by atoms with Crippen molar-refractivity contribution in [1.29, 1.82) is 0 Å². The van der Waals surface area contributed by atoms with Gasteiger partial charge in [-0.1, -0.05) is 0 Å². The number of aromatic nitrogens is 1. The molecule has 2 rings (SSSR count). The third-order valence-electron chi connectivity index (χ3n) is 2.80. The van der Waals surface area contributed by atoms with Gasteiger partial charge in [-0.15, -0.1) is 0 Å². The molecule has 0 fully saturated rings. The third kappa shape index (κ3) is 3.20. The number of carbonyl (C=O) groups excluding carboxylic acids is 2. The number of benzene rings is 1. The van der Waals surface area contributed by atoms with E-state index in [0.717, 1.165) is 0 Å². The van der Waals surface area contributed by atoms with Crippen molar-refractivity contribution in [3.05, 3.63) is 59.9 Å². The first-order valence-corrected chi connectivity index (χ1v) is 6.05. The number of hydrogen-bond donors (Lipinski definition) is 1. The third-order valence-corrected chi connectivity index (χ3v) is 2.80. The summed E-state index contributed by atoms with van der Waals surface area (Å²) in [7, 11) is 3.21. The van der Waals surface area contributed by atoms with Crippen LogP contribution in [0.2, 0.25) is 0 Å². The second-order valence-corrected chi connectivity index (χ2v) is 4.28. The second-order valence-electron chi connectivity index (χ2n) is 4.28. The number of rotatable bonds is 3. The highest BCUT2D eigenvalue weighted by Crippen LogP contribution is 2.11. The Morgan fingerprint density at radius 3 is 2.15 bits per heavy atom. The van der Waals surface area contributed by atoms with Gasteiger partial charge in [0.25, 0.3) is 5.91 Å². The smallest absolute Gasteiger partial charge is 0.337 e. The van der Waals surface area contributed by atoms with Crippen LogP contribution in [-0.4, -0.2) is 19.0 Å². The molecule has 0 unspecified atom stereocenters. The molecule has 0 saturated carbocycles. The normalized spacial score (nSPS) is 9.90. The molecule has 0 radical (unpaired) electrons. The molecule has 0 aliphatic carbocycles. The summed E-state index contributed by atoms with van der Waals surface area (Å²) in [6.45, 7) is 0. The van der Waals surface area contributed by atoms with Crippen molar-refractivity contribution in [2.24, 2.45) is 7.05 Å². The van der Waals surface area contributed by atoms with Gasteiger partial charge in [-0.05, 0) is 24.3 Å². The zero-order chi connectivity index (χ0) is 14.5. The van der Waals surface area contributed by atoms with E-state index in [2.05, 4.69) is 10.1 Å². The highest BCUT2D eigenvalue weighted by atomic mass is 16.5. The van der Waals surface area contributed by atoms with E-state index in [0.29, 0.717) is 16.8 Å². The van der Waals surface area contributed by atoms with Gasteiger partial charge < -0.3 is 10.1 Å². The molecule has 0 atom stereocenters. The lowest BCUT2D eigenvalue weighted by molar-refractivity contribution is -0.671. The van der Waals surface area contributed by atoms with E-state index in [1.54, 1.807) is 48.8 Å². The van der Waals surface area contributed by atoms with Gasteiger partial charge in [0.15, 0.2) is 12.4 Å². The number of amides is 1. The number of carbonyl (C=O) groups is 2. The Hall–Kier alpha value is -2.69. The van der Waals surface area contributed by atoms with Crippen LogP contribution in [0.1, 0.15) is 20.7 Å². The maximum atomic E-state index is 12.0. The Morgan fingerprint density at radius 2 is 1.60 bits per heavy atom. The van der Waals surface area contributed by atoms with Crippen molar-refractivity contribution in [2.45, 2.75) is 0 Å². The van der Waals surface area contributed by atoms with E-state index < -0.39 is 5.97 Å². The van der Waals surface area contributed by atoms with Crippen molar-refractivity contribution in [2.75, 3.05) is 12.4 Å². The van der Waals surface area contributed by atoms with Crippen LogP contribution < -0.4 is 9.88 Å². The van der Waals surface area contributed by atoms with E-state index in [9.17, 15) is 9.59 Å². The zero-order valence-electron chi connectivity index (χ0n) is 11.3. The van der Waals surface area contributed by atoms with Crippen LogP contribution in [-0.2, 0) is 11.8 Å². The first-order chi connectivity index (χ1) is 9.60. The first-order valence-electron chi connectivity index (χ1n) is 6.05. The summed E-state index contributed by atoms with van der Waals surface area (Å²) < 4.78 is 6.46. The number of nitrogens with zero attached hydrogens (tertiary/aromatic N) is 1. The Bertz CT molecular complexity index is 619. The Balaban J connectivity index is 2.08. The molecule has 1 aromatic carbocycles. The standard InChI is InChI=1S/C15H14N2O3/c1-17-9-7-11(8-10-17)14(18)16-13-5-3-12(4-6-13)15(19)20-2/h3-10H,1-2H3/p+1. The number of anilines is 1. The molecule has 0 spiro atoms. The summed E-state index contributed by atoms with van der Waals surface area (Å²) in [5, 5.41) is 2.76. The van der Waals surface area contributed by atoms with Crippen molar-refractivity contribution < 1.29 is 18.9 Å². The van der Waals surface area contributed by atoms with Crippen molar-refractivity contribution in [1.82, 2.24) is 0 Å². The minimum atomic E-state index is -0.404. The van der Waals surface area contributed by atoms with Crippen LogP contribution >= 0.6 is 0 Å². The highest BCUT2D eigenvalue weighted by molar-refractivity contribution is 6.04. The molecular formula is C15H15N2O3+. The molecule has 0 aliphatic rings. The number of pyridine rings is 1. The maximum Gasteiger partial charge on any atom is 0.337 e. The van der Waals surface area contributed by atoms with Gasteiger partial charge >= 0.3 is 5.97 Å². The molecule has 1 heterocycles. The van der Waals surface area contributed by atoms with Crippen LogP contribution in [0.5, 0.6) is 0 Å². The topological polar surface area (TPSA) is 59.3 Å². The molecule has 1 amide bonds. The summed E-state index contributed by atoms with van der Waals surface area (Å²) >= 11 is 0. The lowest BCUT2D eigenvalue weighted by atomic mass is 10.2. The summed E-state index contributed by atoms with van der Waals surface area (Å²) in [5.74, 6) is -0.602. The minimum absolute atomic E-state index is 0.198. The summed E-state index contributed by atoms with van der Waals surface area (Å²) in [5.41, 5.74) is 1.63. The second kappa shape index (κ2) is 5.97. The Morgan fingerprint density at radius 1 is 1.00 bits per heavy atom. The quantitative estimate of drug-likeness (QED) is 0.680. The summed E-state index contributed by atoms with van der Waals surface area (Å²) in [4.78, 5) is 23.3. The van der Waals surface area contributed by atoms with E-state index >= 15 is 0 Å². The van der Waals surface area contributed by atoms with Crippen LogP contribution in [0, 0.1) is 0 Å². The zero-order valence-corrected chi connectivity index (χ0v) is 11.3. The fourth-order valence-corrected chi connectivity index (χ4v) is 1.66. The largest absolute Gasteiger partial charge is 0.465 e. The van der Waals surface area contributed by atoms with Gasteiger partial charge in [-0.2, -0.15) is 0 Å². The molecule has 20 heavy (non-hydrogen) atoms. The summed E-state index contributed by atoms with van der Waals surface area (Å²) in [6.07, 6.45) is 3.60. The van der Waals surface area contributed by atoms with Gasteiger partial charge in [0, 0.05) is 17.8 Å². The van der Waals surface area contributed by atoms with E-state index in [-0.39, 0.29) is 5.91 Å². The molecule has 1 aromatic heterocycles. The fraction of sp³-hybridized carbons (Fsp3) is 0.133. The number of methoxy groups -OCH3 is 1. The lowest BCUT2D eigenvalue weighted by Gasteiger charge is -2.05. The number of ether oxygens (including phenoxy) is 1. The highest BCUT2D eigenvalue weighted by Gasteiger charge is 2.09. The van der Waals surface area contributed by atoms with Crippen molar-refractivity contribution in [3.63, 3.8) is 0 Å². The number of esters is 1. The van der Waals surface area contributed by atoms with Gasteiger partial charge in [0.2, 0.25) is 0 Å². The van der Waals surface area contributed by atoms with Crippen LogP contribution in [0.25, 0.3) is 0 Å². The van der Waals surface area contributed by atoms with E-state index in [1.165, 1.54) is 7.11 Å². The number of aryl methyl sites for hydroxylation is 1. The minimum Gasteiger partial charge on any atom is -0.465 e. The summed E-state index contributed by atoms with van der Waals surface area (Å²) in [6, 6.07) is 10.00. The molecule has 1 N–H and O–H groups in total. The van der Waals surface area contributed by atoms with Gasteiger partial charge in [-0.25, -0.2) is 9.36 Å². The molecule has 0 aliphatic heterocycles. The molecule has 0 saturated heterocycles. The molecule has 0 bridgehead atoms. The van der Waals surface area contributed by atoms with Crippen molar-refractivity contribution >= 4 is 17.6 Å². The monoisotopic (exact) mass is 271 g/mol. The molecular weight excluding hydrogens is 256 g/mol. The van der Waals surface area contributed by atoms with Crippen LogP contribution in [0.15, 0.2) is 48.8 Å². The molecule has 102 valence electrons. The van der Waals surface area contributed by atoms with Gasteiger partial charge in [0.05, 0.1) is 18.2 Å². The van der Waals surface area contributed by atoms with E-state index in [1.807, 2.05) is 11.6 Å². The molecule has 5 heteroatoms. The molecule has 2 aromatic rings. The Labute approximate surface area is 116 Å². The average molecular weight is 271 g/mol. The van der Waals surface area contributed by atoms with Gasteiger partial charge in [-0.3, -0.25) is 4.79 Å². The number of hydrogen-bond acceptors (Lipinski definition) is 3. The lowest BCUT2D eigenvalue weighted by Crippen LogP contribution is -2.27. The van der Waals surface area contributed by atoms with Crippen LogP contribution in [0.3, 0.4) is 0 Å². The fourth-order valence-electron chi connectivity index (χ4n) is 1.66. The SMILES string of the molecule is COC(=O)c1ccc(NC(=O)c2cc[n+](C)cc2)cc1.